The van der Waals surface area contributed by atoms with Gasteiger partial charge in [0.25, 0.3) is 0 Å². The van der Waals surface area contributed by atoms with Crippen LogP contribution in [0.4, 0.5) is 0 Å². The van der Waals surface area contributed by atoms with Gasteiger partial charge < -0.3 is 24.8 Å². The first-order chi connectivity index (χ1) is 19.1. The third kappa shape index (κ3) is 11.7. The number of benzene rings is 1. The topological polar surface area (TPSA) is 71.0 Å². The van der Waals surface area contributed by atoms with E-state index in [2.05, 4.69) is 24.2 Å². The lowest BCUT2D eigenvalue weighted by atomic mass is 9.99. The van der Waals surface area contributed by atoms with E-state index < -0.39 is 6.10 Å². The van der Waals surface area contributed by atoms with E-state index in [4.69, 9.17) is 9.47 Å². The van der Waals surface area contributed by atoms with E-state index in [1.165, 1.54) is 96.3 Å². The number of hydrogen-bond donors (Lipinski definition) is 2. The predicted octanol–water partition coefficient (Wildman–Crippen LogP) is 7.33. The fraction of sp³-hybridized carbons (Fsp3) is 0.788. The summed E-state index contributed by atoms with van der Waals surface area (Å²) in [5, 5.41) is 14.6. The highest BCUT2D eigenvalue weighted by molar-refractivity contribution is 5.76. The average molecular weight is 545 g/mol. The largest absolute Gasteiger partial charge is 0.486 e. The minimum atomic E-state index is -0.805. The van der Waals surface area contributed by atoms with Crippen LogP contribution in [-0.4, -0.2) is 54.8 Å². The molecule has 0 unspecified atom stereocenters. The molecule has 1 aliphatic heterocycles. The van der Waals surface area contributed by atoms with Gasteiger partial charge in [-0.15, -0.1) is 0 Å². The summed E-state index contributed by atoms with van der Waals surface area (Å²) < 4.78 is 11.4. The monoisotopic (exact) mass is 544 g/mol. The van der Waals surface area contributed by atoms with Crippen LogP contribution < -0.4 is 14.8 Å². The van der Waals surface area contributed by atoms with E-state index in [9.17, 15) is 9.90 Å². The van der Waals surface area contributed by atoms with Gasteiger partial charge >= 0.3 is 0 Å². The fourth-order valence-electron chi connectivity index (χ4n) is 6.09. The third-order valence-electron chi connectivity index (χ3n) is 8.58. The van der Waals surface area contributed by atoms with E-state index in [1.54, 1.807) is 0 Å². The molecule has 0 spiro atoms. The highest BCUT2D eigenvalue weighted by Gasteiger charge is 2.29. The van der Waals surface area contributed by atoms with Crippen molar-refractivity contribution in [1.29, 1.82) is 0 Å². The number of hydrogen-bond acceptors (Lipinski definition) is 5. The average Bonchev–Trinajstić information content (AvgIpc) is 3.50. The van der Waals surface area contributed by atoms with Crippen molar-refractivity contribution in [2.45, 2.75) is 141 Å². The molecule has 2 atom stereocenters. The van der Waals surface area contributed by atoms with Crippen LogP contribution in [0.1, 0.15) is 134 Å². The number of nitrogens with zero attached hydrogens (tertiary/aromatic N) is 1. The van der Waals surface area contributed by atoms with Crippen molar-refractivity contribution in [2.24, 2.45) is 0 Å². The van der Waals surface area contributed by atoms with Crippen LogP contribution in [0.5, 0.6) is 11.5 Å². The molecule has 0 saturated heterocycles. The first kappa shape index (κ1) is 31.7. The van der Waals surface area contributed by atoms with Crippen LogP contribution in [0.3, 0.4) is 0 Å². The Bertz CT molecular complexity index is 811. The van der Waals surface area contributed by atoms with Gasteiger partial charge in [-0.05, 0) is 44.0 Å². The number of ether oxygens (including phenoxy) is 2. The SMILES string of the molecule is CCCCCCCCCCCCCCCC(=O)N[C@H](CN(C)C1CCCC1)[C@H](O)c1ccc2c(c1)OCCO2. The quantitative estimate of drug-likeness (QED) is 0.168. The van der Waals surface area contributed by atoms with Crippen LogP contribution in [0, 0.1) is 0 Å². The molecule has 1 saturated carbocycles. The summed E-state index contributed by atoms with van der Waals surface area (Å²) in [6.07, 6.45) is 21.4. The van der Waals surface area contributed by atoms with E-state index >= 15 is 0 Å². The summed E-state index contributed by atoms with van der Waals surface area (Å²) in [5.41, 5.74) is 0.755. The molecule has 0 radical (unpaired) electrons. The number of amides is 1. The normalized spacial score (nSPS) is 16.9. The number of rotatable bonds is 20. The second-order valence-corrected chi connectivity index (χ2v) is 11.9. The molecule has 6 heteroatoms. The van der Waals surface area contributed by atoms with Gasteiger partial charge in [-0.3, -0.25) is 4.79 Å². The van der Waals surface area contributed by atoms with Crippen molar-refractivity contribution in [3.63, 3.8) is 0 Å². The van der Waals surface area contributed by atoms with Gasteiger partial charge in [0.2, 0.25) is 5.91 Å². The summed E-state index contributed by atoms with van der Waals surface area (Å²) >= 11 is 0. The second kappa shape index (κ2) is 18.5. The molecular formula is C33H56N2O4. The number of nitrogens with one attached hydrogen (secondary N) is 1. The molecule has 6 nitrogen and oxygen atoms in total. The maximum atomic E-state index is 12.9. The van der Waals surface area contributed by atoms with Crippen LogP contribution in [0.2, 0.25) is 0 Å². The number of carbonyl (C=O) groups excluding carboxylic acids is 1. The Morgan fingerprint density at radius 2 is 1.46 bits per heavy atom. The van der Waals surface area contributed by atoms with Crippen molar-refractivity contribution >= 4 is 5.91 Å². The molecule has 2 aliphatic rings. The summed E-state index contributed by atoms with van der Waals surface area (Å²) in [7, 11) is 2.12. The first-order valence-electron chi connectivity index (χ1n) is 16.2. The summed E-state index contributed by atoms with van der Waals surface area (Å²) in [6, 6.07) is 5.77. The molecule has 0 bridgehead atoms. The summed E-state index contributed by atoms with van der Waals surface area (Å²) in [4.78, 5) is 15.3. The predicted molar refractivity (Wildman–Crippen MR) is 160 cm³/mol. The maximum absolute atomic E-state index is 12.9. The highest BCUT2D eigenvalue weighted by Crippen LogP contribution is 2.34. The van der Waals surface area contributed by atoms with Gasteiger partial charge in [-0.1, -0.05) is 103 Å². The molecule has 3 rings (SSSR count). The van der Waals surface area contributed by atoms with E-state index in [0.717, 1.165) is 18.4 Å². The van der Waals surface area contributed by atoms with Gasteiger partial charge in [0, 0.05) is 19.0 Å². The highest BCUT2D eigenvalue weighted by atomic mass is 16.6. The summed E-state index contributed by atoms with van der Waals surface area (Å²) in [5.74, 6) is 1.42. The van der Waals surface area contributed by atoms with Crippen molar-refractivity contribution < 1.29 is 19.4 Å². The lowest BCUT2D eigenvalue weighted by Gasteiger charge is -2.32. The Labute approximate surface area is 238 Å². The van der Waals surface area contributed by atoms with Crippen LogP contribution in [0.15, 0.2) is 18.2 Å². The molecule has 1 heterocycles. The minimum absolute atomic E-state index is 0.0412. The third-order valence-corrected chi connectivity index (χ3v) is 8.58. The van der Waals surface area contributed by atoms with Crippen molar-refractivity contribution in [3.05, 3.63) is 23.8 Å². The molecule has 1 fully saturated rings. The van der Waals surface area contributed by atoms with Crippen LogP contribution in [0.25, 0.3) is 0 Å². The van der Waals surface area contributed by atoms with E-state index in [0.29, 0.717) is 43.7 Å². The van der Waals surface area contributed by atoms with E-state index in [-0.39, 0.29) is 11.9 Å². The summed E-state index contributed by atoms with van der Waals surface area (Å²) in [6.45, 7) is 3.95. The number of fused-ring (bicyclic) bond motifs is 1. The van der Waals surface area contributed by atoms with Gasteiger partial charge in [-0.2, -0.15) is 0 Å². The van der Waals surface area contributed by atoms with Crippen molar-refractivity contribution in [2.75, 3.05) is 26.8 Å². The van der Waals surface area contributed by atoms with Gasteiger partial charge in [-0.25, -0.2) is 0 Å². The van der Waals surface area contributed by atoms with Gasteiger partial charge in [0.15, 0.2) is 11.5 Å². The van der Waals surface area contributed by atoms with Crippen molar-refractivity contribution in [1.82, 2.24) is 10.2 Å². The second-order valence-electron chi connectivity index (χ2n) is 11.9. The van der Waals surface area contributed by atoms with Crippen LogP contribution >= 0.6 is 0 Å². The maximum Gasteiger partial charge on any atom is 0.220 e. The number of aliphatic hydroxyl groups excluding tert-OH is 1. The van der Waals surface area contributed by atoms with E-state index in [1.807, 2.05) is 18.2 Å². The number of aliphatic hydroxyl groups is 1. The Balaban J connectivity index is 1.38. The molecular weight excluding hydrogens is 488 g/mol. The fourth-order valence-corrected chi connectivity index (χ4v) is 6.09. The van der Waals surface area contributed by atoms with Gasteiger partial charge in [0.1, 0.15) is 19.3 Å². The lowest BCUT2D eigenvalue weighted by Crippen LogP contribution is -2.48. The smallest absolute Gasteiger partial charge is 0.220 e. The van der Waals surface area contributed by atoms with Gasteiger partial charge in [0.05, 0.1) is 6.04 Å². The molecule has 222 valence electrons. The molecule has 39 heavy (non-hydrogen) atoms. The Hall–Kier alpha value is -1.79. The molecule has 2 N–H and O–H groups in total. The molecule has 1 aliphatic carbocycles. The first-order valence-corrected chi connectivity index (χ1v) is 16.2. The number of likely N-dealkylation sites (N-methyl/N-ethyl adjacent to an activating group) is 1. The molecule has 0 aromatic heterocycles. The minimum Gasteiger partial charge on any atom is -0.486 e. The molecule has 1 aromatic rings. The van der Waals surface area contributed by atoms with Crippen LogP contribution in [-0.2, 0) is 4.79 Å². The molecule has 1 aromatic carbocycles. The zero-order chi connectivity index (χ0) is 27.7. The molecule has 1 amide bonds. The zero-order valence-electron chi connectivity index (χ0n) is 24.9. The number of carbonyl (C=O) groups is 1. The standard InChI is InChI=1S/C33H56N2O4/c1-3-4-5-6-7-8-9-10-11-12-13-14-15-20-32(36)34-29(26-35(2)28-18-16-17-19-28)33(37)27-21-22-30-31(25-27)39-24-23-38-30/h21-22,25,28-29,33,37H,3-20,23-24,26H2,1-2H3,(H,34,36)/t29-,33-/m1/s1. The Kier molecular flexibility index (Phi) is 15.1. The number of unbranched alkanes of at least 4 members (excludes halogenated alkanes) is 12. The Morgan fingerprint density at radius 1 is 0.897 bits per heavy atom. The zero-order valence-corrected chi connectivity index (χ0v) is 24.9. The lowest BCUT2D eigenvalue weighted by molar-refractivity contribution is -0.123. The Morgan fingerprint density at radius 3 is 2.08 bits per heavy atom. The van der Waals surface area contributed by atoms with Crippen molar-refractivity contribution in [3.8, 4) is 11.5 Å².